The molecule has 6 rings (SSSR count). The quantitative estimate of drug-likeness (QED) is 0.546. The molecule has 8 heteroatoms. The van der Waals surface area contributed by atoms with Crippen molar-refractivity contribution in [3.8, 4) is 5.75 Å². The second-order valence-electron chi connectivity index (χ2n) is 10.9. The maximum atomic E-state index is 13.7. The Morgan fingerprint density at radius 3 is 2.25 bits per heavy atom. The fraction of sp³-hybridized carbons (Fsp3) is 0.750. The summed E-state index contributed by atoms with van der Waals surface area (Å²) in [5.74, 6) is -0.940. The Balaban J connectivity index is 1.24. The van der Waals surface area contributed by atoms with Crippen molar-refractivity contribution in [2.45, 2.75) is 126 Å². The highest BCUT2D eigenvalue weighted by molar-refractivity contribution is 5.96. The highest BCUT2D eigenvalue weighted by atomic mass is 16.9. The van der Waals surface area contributed by atoms with Crippen LogP contribution in [0.1, 0.15) is 84.0 Å². The van der Waals surface area contributed by atoms with Crippen LogP contribution in [0.3, 0.4) is 0 Å². The lowest BCUT2D eigenvalue weighted by molar-refractivity contribution is -0.246. The third-order valence-corrected chi connectivity index (χ3v) is 8.27. The average molecular weight is 502 g/mol. The molecule has 3 heterocycles. The zero-order chi connectivity index (χ0) is 24.6. The summed E-state index contributed by atoms with van der Waals surface area (Å²) in [5, 5.41) is 3.04. The van der Waals surface area contributed by atoms with Crippen molar-refractivity contribution in [1.82, 2.24) is 0 Å². The first-order chi connectivity index (χ1) is 17.6. The molecule has 3 aliphatic heterocycles. The van der Waals surface area contributed by atoms with Gasteiger partial charge in [-0.15, -0.1) is 0 Å². The molecule has 1 amide bonds. The lowest BCUT2D eigenvalue weighted by Gasteiger charge is -2.36. The molecule has 0 radical (unpaired) electrons. The normalized spacial score (nSPS) is 34.3. The number of benzene rings is 1. The van der Waals surface area contributed by atoms with Crippen molar-refractivity contribution < 1.29 is 33.2 Å². The molecule has 0 bridgehead atoms. The molecule has 1 N–H and O–H groups in total. The number of anilines is 1. The van der Waals surface area contributed by atoms with E-state index in [1.807, 2.05) is 24.3 Å². The molecule has 36 heavy (non-hydrogen) atoms. The minimum Gasteiger partial charge on any atom is -0.491 e. The zero-order valence-electron chi connectivity index (χ0n) is 21.2. The van der Waals surface area contributed by atoms with Crippen molar-refractivity contribution in [3.63, 3.8) is 0 Å². The van der Waals surface area contributed by atoms with E-state index in [1.54, 1.807) is 0 Å². The highest BCUT2D eigenvalue weighted by Crippen LogP contribution is 2.51. The summed E-state index contributed by atoms with van der Waals surface area (Å²) in [4.78, 5) is 13.7. The van der Waals surface area contributed by atoms with Crippen molar-refractivity contribution >= 4 is 11.6 Å². The van der Waals surface area contributed by atoms with Gasteiger partial charge in [-0.2, -0.15) is 0 Å². The highest BCUT2D eigenvalue weighted by Gasteiger charge is 2.65. The number of unbranched alkanes of at least 4 members (excludes halogenated alkanes) is 1. The van der Waals surface area contributed by atoms with Crippen molar-refractivity contribution in [2.24, 2.45) is 0 Å². The van der Waals surface area contributed by atoms with Gasteiger partial charge in [0.25, 0.3) is 5.91 Å². The first-order valence-corrected chi connectivity index (χ1v) is 14.0. The Hall–Kier alpha value is -1.71. The number of ether oxygens (including phenoxy) is 6. The van der Waals surface area contributed by atoms with Gasteiger partial charge in [0.15, 0.2) is 24.0 Å². The Morgan fingerprint density at radius 2 is 1.53 bits per heavy atom. The first-order valence-electron chi connectivity index (χ1n) is 14.0. The summed E-state index contributed by atoms with van der Waals surface area (Å²) in [6.45, 7) is 2.72. The van der Waals surface area contributed by atoms with E-state index in [0.29, 0.717) is 18.0 Å². The fourth-order valence-corrected chi connectivity index (χ4v) is 6.39. The molecular weight excluding hydrogens is 462 g/mol. The molecular formula is C28H39NO7. The van der Waals surface area contributed by atoms with Crippen LogP contribution >= 0.6 is 0 Å². The smallest absolute Gasteiger partial charge is 0.256 e. The number of carbonyl (C=O) groups is 1. The minimum absolute atomic E-state index is 0.278. The Labute approximate surface area is 213 Å². The largest absolute Gasteiger partial charge is 0.491 e. The fourth-order valence-electron chi connectivity index (χ4n) is 6.39. The van der Waals surface area contributed by atoms with Gasteiger partial charge in [0.05, 0.1) is 12.3 Å². The van der Waals surface area contributed by atoms with Crippen LogP contribution in [0.5, 0.6) is 5.75 Å². The van der Waals surface area contributed by atoms with E-state index in [1.165, 1.54) is 12.8 Å². The maximum absolute atomic E-state index is 13.7. The lowest BCUT2D eigenvalue weighted by Crippen LogP contribution is -2.58. The molecule has 5 fully saturated rings. The monoisotopic (exact) mass is 501 g/mol. The predicted octanol–water partition coefficient (Wildman–Crippen LogP) is 5.05. The van der Waals surface area contributed by atoms with Crippen LogP contribution < -0.4 is 10.1 Å². The zero-order valence-corrected chi connectivity index (χ0v) is 21.2. The molecule has 0 aromatic heterocycles. The second kappa shape index (κ2) is 10.2. The van der Waals surface area contributed by atoms with Gasteiger partial charge in [-0.25, -0.2) is 0 Å². The standard InChI is InChI=1S/C28H39NO7/c1-2-3-18-31-20-13-7-6-12-19(20)29-25(30)23-21-22(34-27(33-21)14-8-4-9-15-27)24-26(32-23)36-28(35-24)16-10-5-11-17-28/h6-7,12-13,21-24,26H,2-5,8-11,14-18H2,1H3,(H,29,30)/t21-,22-,23+,24-,26+/m0/s1. The molecule has 2 aliphatic carbocycles. The topological polar surface area (TPSA) is 84.5 Å². The molecule has 5 aliphatic rings. The number of rotatable bonds is 6. The van der Waals surface area contributed by atoms with Gasteiger partial charge >= 0.3 is 0 Å². The molecule has 1 aromatic carbocycles. The lowest BCUT2D eigenvalue weighted by atomic mass is 9.94. The van der Waals surface area contributed by atoms with E-state index < -0.39 is 42.3 Å². The van der Waals surface area contributed by atoms with Crippen LogP contribution in [-0.2, 0) is 28.5 Å². The van der Waals surface area contributed by atoms with E-state index in [4.69, 9.17) is 28.4 Å². The van der Waals surface area contributed by atoms with E-state index in [0.717, 1.165) is 64.2 Å². The van der Waals surface area contributed by atoms with Crippen molar-refractivity contribution in [2.75, 3.05) is 11.9 Å². The van der Waals surface area contributed by atoms with Gasteiger partial charge in [0.2, 0.25) is 0 Å². The molecule has 198 valence electrons. The summed E-state index contributed by atoms with van der Waals surface area (Å²) in [6.07, 6.45) is 9.02. The molecule has 2 spiro atoms. The Kier molecular flexibility index (Phi) is 6.99. The van der Waals surface area contributed by atoms with Gasteiger partial charge in [0.1, 0.15) is 24.1 Å². The van der Waals surface area contributed by atoms with Crippen LogP contribution in [0.25, 0.3) is 0 Å². The maximum Gasteiger partial charge on any atom is 0.256 e. The van der Waals surface area contributed by atoms with Crippen molar-refractivity contribution in [1.29, 1.82) is 0 Å². The first kappa shape index (κ1) is 24.6. The van der Waals surface area contributed by atoms with Gasteiger partial charge in [0, 0.05) is 25.7 Å². The third kappa shape index (κ3) is 4.67. The average Bonchev–Trinajstić information content (AvgIpc) is 3.43. The van der Waals surface area contributed by atoms with Crippen LogP contribution in [0.2, 0.25) is 0 Å². The second-order valence-corrected chi connectivity index (χ2v) is 10.9. The van der Waals surface area contributed by atoms with Gasteiger partial charge < -0.3 is 33.7 Å². The Bertz CT molecular complexity index is 926. The number of nitrogens with one attached hydrogen (secondary N) is 1. The summed E-state index contributed by atoms with van der Waals surface area (Å²) >= 11 is 0. The van der Waals surface area contributed by atoms with Crippen LogP contribution in [0.15, 0.2) is 24.3 Å². The molecule has 0 unspecified atom stereocenters. The predicted molar refractivity (Wildman–Crippen MR) is 131 cm³/mol. The van der Waals surface area contributed by atoms with Gasteiger partial charge in [-0.3, -0.25) is 4.79 Å². The molecule has 3 saturated heterocycles. The van der Waals surface area contributed by atoms with E-state index >= 15 is 0 Å². The number of hydrogen-bond donors (Lipinski definition) is 1. The van der Waals surface area contributed by atoms with E-state index in [2.05, 4.69) is 12.2 Å². The van der Waals surface area contributed by atoms with Crippen LogP contribution in [0.4, 0.5) is 5.69 Å². The molecule has 1 aromatic rings. The number of para-hydroxylation sites is 2. The van der Waals surface area contributed by atoms with E-state index in [9.17, 15) is 4.79 Å². The molecule has 2 saturated carbocycles. The summed E-state index contributed by atoms with van der Waals surface area (Å²) in [7, 11) is 0. The summed E-state index contributed by atoms with van der Waals surface area (Å²) < 4.78 is 38.5. The number of carbonyl (C=O) groups excluding carboxylic acids is 1. The Morgan fingerprint density at radius 1 is 0.889 bits per heavy atom. The number of fused-ring (bicyclic) bond motifs is 3. The van der Waals surface area contributed by atoms with Crippen LogP contribution in [-0.4, -0.2) is 54.8 Å². The summed E-state index contributed by atoms with van der Waals surface area (Å²) in [5.41, 5.74) is 0.625. The van der Waals surface area contributed by atoms with Gasteiger partial charge in [-0.1, -0.05) is 38.3 Å². The molecule has 8 nitrogen and oxygen atoms in total. The SMILES string of the molecule is CCCCOc1ccccc1NC(=O)[C@@H]1O[C@@H]2OC3(CCCCC3)O[C@H]2[C@H]2OC3(CCCCC3)O[C@@H]21. The number of amides is 1. The summed E-state index contributed by atoms with van der Waals surface area (Å²) in [6, 6.07) is 7.51. The minimum atomic E-state index is -0.872. The number of hydrogen-bond acceptors (Lipinski definition) is 7. The van der Waals surface area contributed by atoms with Crippen molar-refractivity contribution in [3.05, 3.63) is 24.3 Å². The van der Waals surface area contributed by atoms with Crippen LogP contribution in [0, 0.1) is 0 Å². The van der Waals surface area contributed by atoms with Gasteiger partial charge in [-0.05, 0) is 44.2 Å². The third-order valence-electron chi connectivity index (χ3n) is 8.27. The molecule has 5 atom stereocenters. The van der Waals surface area contributed by atoms with E-state index in [-0.39, 0.29) is 5.91 Å².